The van der Waals surface area contributed by atoms with Crippen molar-refractivity contribution in [2.45, 2.75) is 113 Å². The third-order valence-electron chi connectivity index (χ3n) is 10.2. The minimum absolute atomic E-state index is 0.0383. The van der Waals surface area contributed by atoms with E-state index in [2.05, 4.69) is 21.9 Å². The normalized spacial score (nSPS) is 28.6. The zero-order chi connectivity index (χ0) is 34.9. The Labute approximate surface area is 286 Å². The molecular formula is C35H45N5O8S. The number of nitrogens with one attached hydrogen (secondary N) is 3. The molecule has 0 aromatic heterocycles. The average molecular weight is 696 g/mol. The molecule has 6 rings (SSSR count). The summed E-state index contributed by atoms with van der Waals surface area (Å²) in [4.78, 5) is 71.1. The largest absolute Gasteiger partial charge is 0.444 e. The van der Waals surface area contributed by atoms with Crippen LogP contribution in [0.4, 0.5) is 4.79 Å². The number of fused-ring (bicyclic) bond motifs is 3. The number of benzene rings is 1. The number of rotatable bonds is 9. The lowest BCUT2D eigenvalue weighted by molar-refractivity contribution is -0.142. The summed E-state index contributed by atoms with van der Waals surface area (Å²) < 4.78 is 33.3. The minimum atomic E-state index is -3.88. The molecule has 3 N–H and O–H groups in total. The summed E-state index contributed by atoms with van der Waals surface area (Å²) in [6, 6.07) is 3.85. The maximum atomic E-state index is 14.2. The van der Waals surface area contributed by atoms with Crippen LogP contribution in [0.25, 0.3) is 6.08 Å². The summed E-state index contributed by atoms with van der Waals surface area (Å²) in [5.41, 5.74) is 1.47. The number of hydrogen-bond donors (Lipinski definition) is 3. The molecule has 2 aliphatic carbocycles. The van der Waals surface area contributed by atoms with Gasteiger partial charge in [-0.3, -0.25) is 28.8 Å². The number of ether oxygens (including phenoxy) is 1. The molecule has 0 radical (unpaired) electrons. The predicted octanol–water partition coefficient (Wildman–Crippen LogP) is 2.65. The van der Waals surface area contributed by atoms with Gasteiger partial charge in [-0.25, -0.2) is 13.2 Å². The van der Waals surface area contributed by atoms with Gasteiger partial charge in [-0.1, -0.05) is 56.2 Å². The second-order valence-electron chi connectivity index (χ2n) is 13.8. The van der Waals surface area contributed by atoms with Gasteiger partial charge in [0.1, 0.15) is 23.7 Å². The van der Waals surface area contributed by atoms with Gasteiger partial charge >= 0.3 is 6.09 Å². The van der Waals surface area contributed by atoms with Gasteiger partial charge < -0.3 is 20.3 Å². The molecule has 3 fully saturated rings. The standard InChI is InChI=1S/C35H45N5O8S/c1-3-5-13-28-32(43)40-20-25(17-29(40)31(42)37-35(18-24(35)4-2)33(44)38-49(46,47)26-15-16-26)48-34(45)39-19-23-12-9-11-22(27(23)21-39)10-7-6-8-14-30(41)36-28/h4,7,9-12,24-26,28-29H,2-3,5-6,8,13-21H2,1H3,(H,36,41)(H,37,42)(H,38,44)/t24-,25-,28+,29+,35-/m1/s1. The highest BCUT2D eigenvalue weighted by atomic mass is 32.2. The molecule has 5 aliphatic rings. The highest BCUT2D eigenvalue weighted by Crippen LogP contribution is 2.45. The van der Waals surface area contributed by atoms with E-state index in [9.17, 15) is 32.4 Å². The van der Waals surface area contributed by atoms with Gasteiger partial charge in [0, 0.05) is 25.3 Å². The molecule has 49 heavy (non-hydrogen) atoms. The summed E-state index contributed by atoms with van der Waals surface area (Å²) in [7, 11) is -3.88. The summed E-state index contributed by atoms with van der Waals surface area (Å²) in [6.07, 6.45) is 8.35. The second-order valence-corrected chi connectivity index (χ2v) is 15.8. The first kappa shape index (κ1) is 34.7. The third kappa shape index (κ3) is 7.38. The van der Waals surface area contributed by atoms with Gasteiger partial charge in [-0.15, -0.1) is 6.58 Å². The molecule has 0 unspecified atom stereocenters. The van der Waals surface area contributed by atoms with E-state index >= 15 is 0 Å². The van der Waals surface area contributed by atoms with E-state index in [4.69, 9.17) is 4.74 Å². The number of allylic oxidation sites excluding steroid dienone is 1. The van der Waals surface area contributed by atoms with Gasteiger partial charge in [0.2, 0.25) is 27.7 Å². The predicted molar refractivity (Wildman–Crippen MR) is 180 cm³/mol. The minimum Gasteiger partial charge on any atom is -0.444 e. The number of amides is 5. The molecule has 3 aliphatic heterocycles. The first-order chi connectivity index (χ1) is 23.5. The van der Waals surface area contributed by atoms with Gasteiger partial charge in [-0.05, 0) is 55.2 Å². The van der Waals surface area contributed by atoms with Crippen molar-refractivity contribution in [3.8, 4) is 0 Å². The second kappa shape index (κ2) is 14.0. The Hall–Kier alpha value is -4.20. The Morgan fingerprint density at radius 2 is 1.98 bits per heavy atom. The fraction of sp³-hybridized carbons (Fsp3) is 0.571. The smallest absolute Gasteiger partial charge is 0.410 e. The van der Waals surface area contributed by atoms with Crippen molar-refractivity contribution in [1.29, 1.82) is 0 Å². The lowest BCUT2D eigenvalue weighted by atomic mass is 10.0. The summed E-state index contributed by atoms with van der Waals surface area (Å²) in [5, 5.41) is 5.00. The highest BCUT2D eigenvalue weighted by molar-refractivity contribution is 7.91. The van der Waals surface area contributed by atoms with Crippen LogP contribution in [0.5, 0.6) is 0 Å². The maximum Gasteiger partial charge on any atom is 0.410 e. The Balaban J connectivity index is 1.26. The first-order valence-electron chi connectivity index (χ1n) is 17.3. The van der Waals surface area contributed by atoms with Gasteiger partial charge in [0.25, 0.3) is 5.91 Å². The zero-order valence-electron chi connectivity index (χ0n) is 27.8. The molecule has 2 saturated carbocycles. The van der Waals surface area contributed by atoms with Crippen molar-refractivity contribution >= 4 is 45.8 Å². The van der Waals surface area contributed by atoms with Crippen LogP contribution in [0, 0.1) is 5.92 Å². The van der Waals surface area contributed by atoms with E-state index in [0.29, 0.717) is 51.6 Å². The highest BCUT2D eigenvalue weighted by Gasteiger charge is 2.62. The molecule has 13 nitrogen and oxygen atoms in total. The SMILES string of the molecule is C=C[C@@H]1C[C@]1(NC(=O)[C@@H]1C[C@@H]2CN1C(=O)[C@H](CCCC)NC(=O)CCCC=Cc1cccc3c1CN(C3)C(=O)O2)C(=O)NS(=O)(=O)C1CC1. The summed E-state index contributed by atoms with van der Waals surface area (Å²) in [5.74, 6) is -2.79. The molecule has 5 atom stereocenters. The molecule has 1 saturated heterocycles. The van der Waals surface area contributed by atoms with Crippen LogP contribution in [0.1, 0.15) is 87.8 Å². The maximum absolute atomic E-state index is 14.2. The number of carbonyl (C=O) groups is 5. The van der Waals surface area contributed by atoms with Crippen LogP contribution in [0.15, 0.2) is 36.9 Å². The molecule has 4 bridgehead atoms. The molecule has 14 heteroatoms. The fourth-order valence-electron chi connectivity index (χ4n) is 7.07. The summed E-state index contributed by atoms with van der Waals surface area (Å²) in [6.45, 7) is 6.34. The first-order valence-corrected chi connectivity index (χ1v) is 18.8. The lowest BCUT2D eigenvalue weighted by Gasteiger charge is -2.30. The van der Waals surface area contributed by atoms with Crippen molar-refractivity contribution < 1.29 is 37.1 Å². The van der Waals surface area contributed by atoms with Crippen LogP contribution in [0.2, 0.25) is 0 Å². The van der Waals surface area contributed by atoms with Crippen LogP contribution in [-0.2, 0) is 47.0 Å². The number of unbranched alkanes of at least 4 members (excludes halogenated alkanes) is 1. The van der Waals surface area contributed by atoms with E-state index < -0.39 is 68.7 Å². The Kier molecular flexibility index (Phi) is 9.88. The Morgan fingerprint density at radius 3 is 2.69 bits per heavy atom. The average Bonchev–Trinajstić information content (AvgIpc) is 3.96. The van der Waals surface area contributed by atoms with Crippen LogP contribution < -0.4 is 15.4 Å². The Bertz CT molecular complexity index is 1670. The van der Waals surface area contributed by atoms with E-state index in [1.165, 1.54) is 11.0 Å². The van der Waals surface area contributed by atoms with Crippen molar-refractivity contribution in [3.05, 3.63) is 53.6 Å². The molecule has 1 aromatic rings. The van der Waals surface area contributed by atoms with Crippen molar-refractivity contribution in [1.82, 2.24) is 25.2 Å². The topological polar surface area (TPSA) is 171 Å². The number of carbonyl (C=O) groups excluding carboxylic acids is 5. The van der Waals surface area contributed by atoms with E-state index in [-0.39, 0.29) is 31.7 Å². The molecule has 5 amide bonds. The Morgan fingerprint density at radius 1 is 1.18 bits per heavy atom. The monoisotopic (exact) mass is 695 g/mol. The lowest BCUT2D eigenvalue weighted by Crippen LogP contribution is -2.58. The van der Waals surface area contributed by atoms with Gasteiger partial charge in [-0.2, -0.15) is 0 Å². The van der Waals surface area contributed by atoms with Crippen LogP contribution in [0.3, 0.4) is 0 Å². The van der Waals surface area contributed by atoms with Crippen molar-refractivity contribution in [2.24, 2.45) is 5.92 Å². The number of hydrogen-bond acceptors (Lipinski definition) is 8. The third-order valence-corrected chi connectivity index (χ3v) is 12.0. The van der Waals surface area contributed by atoms with Crippen LogP contribution in [-0.4, -0.2) is 83.5 Å². The van der Waals surface area contributed by atoms with Gasteiger partial charge in [0.15, 0.2) is 0 Å². The molecule has 264 valence electrons. The molecule has 1 aromatic carbocycles. The van der Waals surface area contributed by atoms with E-state index in [0.717, 1.165) is 23.1 Å². The van der Waals surface area contributed by atoms with Gasteiger partial charge in [0.05, 0.1) is 18.3 Å². The molecule has 3 heterocycles. The van der Waals surface area contributed by atoms with Crippen LogP contribution >= 0.6 is 0 Å². The zero-order valence-corrected chi connectivity index (χ0v) is 28.6. The van der Waals surface area contributed by atoms with E-state index in [1.807, 2.05) is 37.3 Å². The van der Waals surface area contributed by atoms with E-state index in [1.54, 1.807) is 4.90 Å². The number of sulfonamides is 1. The fourth-order valence-corrected chi connectivity index (χ4v) is 8.43. The van der Waals surface area contributed by atoms with Crippen molar-refractivity contribution in [2.75, 3.05) is 6.54 Å². The summed E-state index contributed by atoms with van der Waals surface area (Å²) >= 11 is 0. The van der Waals surface area contributed by atoms with Crippen molar-refractivity contribution in [3.63, 3.8) is 0 Å². The quantitative estimate of drug-likeness (QED) is 0.331. The molecular weight excluding hydrogens is 650 g/mol. The number of nitrogens with zero attached hydrogens (tertiary/aromatic N) is 2. The molecule has 0 spiro atoms.